The molecule has 148 valence electrons. The van der Waals surface area contributed by atoms with E-state index < -0.39 is 15.6 Å². The van der Waals surface area contributed by atoms with Gasteiger partial charge in [0, 0.05) is 0 Å². The van der Waals surface area contributed by atoms with Gasteiger partial charge in [0.05, 0.1) is 0 Å². The number of halogens is 3. The maximum atomic E-state index is 12.7. The molecule has 4 rings (SSSR count). The first-order chi connectivity index (χ1) is 12.5. The van der Waals surface area contributed by atoms with Crippen LogP contribution in [0.1, 0.15) is 55.2 Å². The lowest BCUT2D eigenvalue weighted by Gasteiger charge is -2.49. The fraction of sp³-hybridized carbons (Fsp3) is 0.600. The van der Waals surface area contributed by atoms with Crippen LogP contribution in [0.5, 0.6) is 5.75 Å². The average Bonchev–Trinajstić information content (AvgIpc) is 2.96. The maximum absolute atomic E-state index is 12.7. The third kappa shape index (κ3) is 2.98. The third-order valence-electron chi connectivity index (χ3n) is 6.83. The zero-order valence-electron chi connectivity index (χ0n) is 15.3. The number of alkyl halides is 3. The van der Waals surface area contributed by atoms with Crippen LogP contribution >= 0.6 is 0 Å². The molecular weight excluding hydrogens is 377 g/mol. The lowest BCUT2D eigenvalue weighted by molar-refractivity contribution is -0.0500. The summed E-state index contributed by atoms with van der Waals surface area (Å²) in [6, 6.07) is 3.35. The van der Waals surface area contributed by atoms with Crippen LogP contribution in [-0.2, 0) is 16.5 Å². The predicted octanol–water partition coefficient (Wildman–Crippen LogP) is 5.25. The normalized spacial score (nSPS) is 32.6. The molecule has 1 saturated carbocycles. The van der Waals surface area contributed by atoms with E-state index in [1.54, 1.807) is 6.92 Å². The second-order valence-electron chi connectivity index (χ2n) is 8.40. The van der Waals surface area contributed by atoms with Crippen LogP contribution in [0, 0.1) is 24.2 Å². The Morgan fingerprint density at radius 2 is 1.96 bits per heavy atom. The van der Waals surface area contributed by atoms with Crippen molar-refractivity contribution < 1.29 is 25.8 Å². The molecule has 1 aromatic carbocycles. The number of hydrogen-bond acceptors (Lipinski definition) is 3. The lowest BCUT2D eigenvalue weighted by Crippen LogP contribution is -2.39. The highest BCUT2D eigenvalue weighted by molar-refractivity contribution is 7.88. The second kappa shape index (κ2) is 6.00. The van der Waals surface area contributed by atoms with Crippen molar-refractivity contribution in [1.82, 2.24) is 0 Å². The minimum absolute atomic E-state index is 0.215. The minimum atomic E-state index is -5.65. The van der Waals surface area contributed by atoms with Crippen molar-refractivity contribution in [2.24, 2.45) is 17.3 Å². The van der Waals surface area contributed by atoms with Crippen LogP contribution in [0.2, 0.25) is 0 Å². The Balaban J connectivity index is 1.66. The molecule has 27 heavy (non-hydrogen) atoms. The van der Waals surface area contributed by atoms with Crippen LogP contribution in [0.15, 0.2) is 24.3 Å². The van der Waals surface area contributed by atoms with Gasteiger partial charge < -0.3 is 4.18 Å². The summed E-state index contributed by atoms with van der Waals surface area (Å²) in [5.74, 6) is 1.36. The summed E-state index contributed by atoms with van der Waals surface area (Å²) >= 11 is 0. The summed E-state index contributed by atoms with van der Waals surface area (Å²) in [7, 11) is -5.65. The van der Waals surface area contributed by atoms with E-state index >= 15 is 0 Å². The van der Waals surface area contributed by atoms with Crippen molar-refractivity contribution in [2.75, 3.05) is 0 Å². The molecule has 3 nitrogen and oxygen atoms in total. The molecule has 4 atom stereocenters. The van der Waals surface area contributed by atoms with Gasteiger partial charge >= 0.3 is 15.6 Å². The smallest absolute Gasteiger partial charge is 0.376 e. The van der Waals surface area contributed by atoms with E-state index in [-0.39, 0.29) is 11.2 Å². The molecule has 0 aromatic heterocycles. The van der Waals surface area contributed by atoms with Gasteiger partial charge in [-0.25, -0.2) is 0 Å². The highest BCUT2D eigenvalue weighted by Crippen LogP contribution is 2.58. The molecule has 0 saturated heterocycles. The molecule has 0 bridgehead atoms. The maximum Gasteiger partial charge on any atom is 0.534 e. The molecule has 1 aromatic rings. The largest absolute Gasteiger partial charge is 0.534 e. The topological polar surface area (TPSA) is 43.4 Å². The minimum Gasteiger partial charge on any atom is -0.376 e. The molecule has 1 fully saturated rings. The molecule has 0 N–H and O–H groups in total. The van der Waals surface area contributed by atoms with Gasteiger partial charge in [-0.05, 0) is 85.0 Å². The Labute approximate surface area is 157 Å². The standard InChI is InChI=1S/C20H23F3O3S/c1-12-10-16-13(11-18(12)26-27(24,25)20(21,22)23)5-6-15-14(16)7-9-19(2)8-3-4-17(15)19/h3,8,10-11,14-15,17H,4-7,9H2,1-2H3/t14?,15?,17?,19-/m0/s1. The zero-order chi connectivity index (χ0) is 19.6. The fourth-order valence-electron chi connectivity index (χ4n) is 5.45. The number of allylic oxidation sites excluding steroid dienone is 2. The van der Waals surface area contributed by atoms with Crippen LogP contribution in [0.25, 0.3) is 0 Å². The monoisotopic (exact) mass is 400 g/mol. The lowest BCUT2D eigenvalue weighted by atomic mass is 9.55. The molecule has 3 unspecified atom stereocenters. The highest BCUT2D eigenvalue weighted by atomic mass is 32.2. The first-order valence-electron chi connectivity index (χ1n) is 9.34. The first-order valence-corrected chi connectivity index (χ1v) is 10.7. The van der Waals surface area contributed by atoms with Gasteiger partial charge in [-0.1, -0.05) is 25.1 Å². The molecule has 7 heteroatoms. The SMILES string of the molecule is Cc1cc2c(cc1OS(=O)(=O)C(F)(F)F)CCC1C2CC[C@]2(C)C=CCC12. The summed E-state index contributed by atoms with van der Waals surface area (Å²) in [5.41, 5.74) is -2.65. The van der Waals surface area contributed by atoms with E-state index in [9.17, 15) is 21.6 Å². The average molecular weight is 400 g/mol. The van der Waals surface area contributed by atoms with Gasteiger partial charge in [-0.2, -0.15) is 21.6 Å². The van der Waals surface area contributed by atoms with Crippen molar-refractivity contribution in [2.45, 2.75) is 57.4 Å². The molecule has 3 aliphatic carbocycles. The summed E-state index contributed by atoms with van der Waals surface area (Å²) in [5, 5.41) is 0. The summed E-state index contributed by atoms with van der Waals surface area (Å²) < 4.78 is 65.1. The van der Waals surface area contributed by atoms with Crippen molar-refractivity contribution >= 4 is 10.1 Å². The van der Waals surface area contributed by atoms with E-state index in [0.717, 1.165) is 43.2 Å². The van der Waals surface area contributed by atoms with Crippen LogP contribution in [0.3, 0.4) is 0 Å². The molecular formula is C20H23F3O3S. The van der Waals surface area contributed by atoms with Crippen LogP contribution in [-0.4, -0.2) is 13.9 Å². The quantitative estimate of drug-likeness (QED) is 0.387. The van der Waals surface area contributed by atoms with Crippen molar-refractivity contribution in [1.29, 1.82) is 0 Å². The number of aryl methyl sites for hydroxylation is 2. The van der Waals surface area contributed by atoms with E-state index in [0.29, 0.717) is 23.3 Å². The number of hydrogen-bond donors (Lipinski definition) is 0. The highest BCUT2D eigenvalue weighted by Gasteiger charge is 2.50. The summed E-state index contributed by atoms with van der Waals surface area (Å²) in [6.45, 7) is 3.94. The van der Waals surface area contributed by atoms with Crippen LogP contribution in [0.4, 0.5) is 13.2 Å². The Morgan fingerprint density at radius 1 is 1.22 bits per heavy atom. The molecule has 0 radical (unpaired) electrons. The Bertz CT molecular complexity index is 904. The van der Waals surface area contributed by atoms with Crippen molar-refractivity contribution in [3.05, 3.63) is 41.0 Å². The summed E-state index contributed by atoms with van der Waals surface area (Å²) in [6.07, 6.45) is 9.61. The Morgan fingerprint density at radius 3 is 2.67 bits per heavy atom. The first kappa shape index (κ1) is 18.8. The van der Waals surface area contributed by atoms with Crippen molar-refractivity contribution in [3.63, 3.8) is 0 Å². The van der Waals surface area contributed by atoms with Gasteiger partial charge in [0.15, 0.2) is 0 Å². The Kier molecular flexibility index (Phi) is 4.19. The Hall–Kier alpha value is -1.50. The van der Waals surface area contributed by atoms with Crippen LogP contribution < -0.4 is 4.18 Å². The van der Waals surface area contributed by atoms with Gasteiger partial charge in [0.2, 0.25) is 0 Å². The van der Waals surface area contributed by atoms with E-state index in [2.05, 4.69) is 23.3 Å². The van der Waals surface area contributed by atoms with Gasteiger partial charge in [-0.15, -0.1) is 0 Å². The van der Waals surface area contributed by atoms with E-state index in [1.807, 2.05) is 6.07 Å². The summed E-state index contributed by atoms with van der Waals surface area (Å²) in [4.78, 5) is 0. The predicted molar refractivity (Wildman–Crippen MR) is 95.9 cm³/mol. The van der Waals surface area contributed by atoms with E-state index in [1.165, 1.54) is 6.07 Å². The number of fused-ring (bicyclic) bond motifs is 5. The molecule has 0 heterocycles. The fourth-order valence-corrected chi connectivity index (χ4v) is 5.96. The molecule has 0 amide bonds. The third-order valence-corrected chi connectivity index (χ3v) is 7.80. The van der Waals surface area contributed by atoms with Gasteiger partial charge in [0.1, 0.15) is 5.75 Å². The molecule has 0 aliphatic heterocycles. The van der Waals surface area contributed by atoms with Crippen molar-refractivity contribution in [3.8, 4) is 5.75 Å². The molecule has 0 spiro atoms. The molecule has 3 aliphatic rings. The number of benzene rings is 1. The van der Waals surface area contributed by atoms with Gasteiger partial charge in [0.25, 0.3) is 0 Å². The van der Waals surface area contributed by atoms with E-state index in [4.69, 9.17) is 0 Å². The number of rotatable bonds is 2. The van der Waals surface area contributed by atoms with Gasteiger partial charge in [-0.3, -0.25) is 0 Å². The second-order valence-corrected chi connectivity index (χ2v) is 9.94. The zero-order valence-corrected chi connectivity index (χ0v) is 16.2.